The largest absolute Gasteiger partial charge is 0.495 e. The summed E-state index contributed by atoms with van der Waals surface area (Å²) in [5, 5.41) is 0. The first-order chi connectivity index (χ1) is 8.85. The van der Waals surface area contributed by atoms with Crippen LogP contribution in [0, 0.1) is 5.92 Å². The van der Waals surface area contributed by atoms with E-state index in [9.17, 15) is 0 Å². The minimum atomic E-state index is 0.746. The lowest BCUT2D eigenvalue weighted by Crippen LogP contribution is -2.34. The Balaban J connectivity index is 2.09. The highest BCUT2D eigenvalue weighted by atomic mass is 16.5. The molecule has 0 saturated heterocycles. The summed E-state index contributed by atoms with van der Waals surface area (Å²) in [5.41, 5.74) is 6.85. The van der Waals surface area contributed by atoms with Gasteiger partial charge in [0.25, 0.3) is 0 Å². The molecule has 0 spiro atoms. The molecule has 18 heavy (non-hydrogen) atoms. The quantitative estimate of drug-likeness (QED) is 0.806. The summed E-state index contributed by atoms with van der Waals surface area (Å²) >= 11 is 0. The van der Waals surface area contributed by atoms with Crippen LogP contribution in [0.2, 0.25) is 0 Å². The molecule has 1 aromatic carbocycles. The van der Waals surface area contributed by atoms with Crippen LogP contribution in [0.4, 0.5) is 5.69 Å². The van der Waals surface area contributed by atoms with Crippen molar-refractivity contribution in [1.82, 2.24) is 0 Å². The van der Waals surface area contributed by atoms with E-state index in [0.717, 1.165) is 37.7 Å². The van der Waals surface area contributed by atoms with E-state index < -0.39 is 0 Å². The number of ether oxygens (including phenoxy) is 1. The number of hydrogen-bond donors (Lipinski definition) is 1. The van der Waals surface area contributed by atoms with Gasteiger partial charge in [0.2, 0.25) is 0 Å². The maximum Gasteiger partial charge on any atom is 0.142 e. The van der Waals surface area contributed by atoms with E-state index in [1.807, 2.05) is 12.1 Å². The molecule has 0 aliphatic heterocycles. The number of rotatable bonds is 7. The Morgan fingerprint density at radius 3 is 2.72 bits per heavy atom. The molecule has 0 amide bonds. The van der Waals surface area contributed by atoms with Gasteiger partial charge in [-0.05, 0) is 43.9 Å². The molecular formula is C15H24N2O. The van der Waals surface area contributed by atoms with E-state index in [2.05, 4.69) is 17.0 Å². The second-order valence-corrected chi connectivity index (χ2v) is 5.06. The van der Waals surface area contributed by atoms with Gasteiger partial charge in [0.05, 0.1) is 12.8 Å². The van der Waals surface area contributed by atoms with Crippen molar-refractivity contribution in [3.05, 3.63) is 24.3 Å². The third-order valence-corrected chi connectivity index (χ3v) is 3.76. The van der Waals surface area contributed by atoms with Crippen LogP contribution in [0.3, 0.4) is 0 Å². The SMILES string of the molecule is COc1ccccc1N(CCCN)CC1CCC1. The molecule has 1 aliphatic carbocycles. The number of nitrogens with two attached hydrogens (primary N) is 1. The molecule has 1 fully saturated rings. The zero-order chi connectivity index (χ0) is 12.8. The second-order valence-electron chi connectivity index (χ2n) is 5.06. The van der Waals surface area contributed by atoms with Crippen molar-refractivity contribution in [1.29, 1.82) is 0 Å². The fourth-order valence-corrected chi connectivity index (χ4v) is 2.47. The molecule has 0 radical (unpaired) electrons. The van der Waals surface area contributed by atoms with Crippen LogP contribution in [-0.4, -0.2) is 26.7 Å². The zero-order valence-corrected chi connectivity index (χ0v) is 11.3. The molecule has 0 heterocycles. The average molecular weight is 248 g/mol. The standard InChI is InChI=1S/C15H24N2O/c1-18-15-9-3-2-8-14(15)17(11-5-10-16)12-13-6-4-7-13/h2-3,8-9,13H,4-7,10-12,16H2,1H3. The Kier molecular flexibility index (Phi) is 4.88. The second kappa shape index (κ2) is 6.64. The molecule has 1 aliphatic rings. The molecule has 1 aromatic rings. The molecule has 3 heteroatoms. The van der Waals surface area contributed by atoms with Crippen LogP contribution in [0.15, 0.2) is 24.3 Å². The first-order valence-corrected chi connectivity index (χ1v) is 6.93. The summed E-state index contributed by atoms with van der Waals surface area (Å²) < 4.78 is 5.47. The number of benzene rings is 1. The average Bonchev–Trinajstić information content (AvgIpc) is 2.37. The minimum Gasteiger partial charge on any atom is -0.495 e. The van der Waals surface area contributed by atoms with Gasteiger partial charge in [-0.1, -0.05) is 18.6 Å². The highest BCUT2D eigenvalue weighted by Gasteiger charge is 2.22. The number of hydrogen-bond acceptors (Lipinski definition) is 3. The Bertz CT molecular complexity index is 363. The topological polar surface area (TPSA) is 38.5 Å². The predicted octanol–water partition coefficient (Wildman–Crippen LogP) is 2.65. The summed E-state index contributed by atoms with van der Waals surface area (Å²) in [6.07, 6.45) is 5.16. The van der Waals surface area contributed by atoms with E-state index in [1.165, 1.54) is 24.9 Å². The van der Waals surface area contributed by atoms with Crippen molar-refractivity contribution >= 4 is 5.69 Å². The van der Waals surface area contributed by atoms with Gasteiger partial charge in [-0.3, -0.25) is 0 Å². The molecule has 2 N–H and O–H groups in total. The predicted molar refractivity (Wildman–Crippen MR) is 76.2 cm³/mol. The molecule has 0 atom stereocenters. The van der Waals surface area contributed by atoms with E-state index >= 15 is 0 Å². The lowest BCUT2D eigenvalue weighted by atomic mass is 9.85. The van der Waals surface area contributed by atoms with E-state index in [-0.39, 0.29) is 0 Å². The summed E-state index contributed by atoms with van der Waals surface area (Å²) in [7, 11) is 1.74. The van der Waals surface area contributed by atoms with Crippen molar-refractivity contribution in [3.63, 3.8) is 0 Å². The Hall–Kier alpha value is -1.22. The fourth-order valence-electron chi connectivity index (χ4n) is 2.47. The summed E-state index contributed by atoms with van der Waals surface area (Å²) in [5.74, 6) is 1.82. The van der Waals surface area contributed by atoms with Gasteiger partial charge in [-0.15, -0.1) is 0 Å². The monoisotopic (exact) mass is 248 g/mol. The van der Waals surface area contributed by atoms with Crippen LogP contribution in [-0.2, 0) is 0 Å². The lowest BCUT2D eigenvalue weighted by molar-refractivity contribution is 0.316. The van der Waals surface area contributed by atoms with Crippen LogP contribution in [0.25, 0.3) is 0 Å². The van der Waals surface area contributed by atoms with Crippen molar-refractivity contribution in [2.24, 2.45) is 11.7 Å². The molecule has 100 valence electrons. The Morgan fingerprint density at radius 2 is 2.11 bits per heavy atom. The fraction of sp³-hybridized carbons (Fsp3) is 0.600. The summed E-state index contributed by atoms with van der Waals surface area (Å²) in [4.78, 5) is 2.44. The smallest absolute Gasteiger partial charge is 0.142 e. The van der Waals surface area contributed by atoms with Crippen LogP contribution in [0.5, 0.6) is 5.75 Å². The van der Waals surface area contributed by atoms with E-state index in [4.69, 9.17) is 10.5 Å². The maximum absolute atomic E-state index is 5.64. The number of para-hydroxylation sites is 2. The van der Waals surface area contributed by atoms with Crippen molar-refractivity contribution in [3.8, 4) is 5.75 Å². The van der Waals surface area contributed by atoms with Crippen molar-refractivity contribution in [2.75, 3.05) is 31.6 Å². The van der Waals surface area contributed by atoms with Crippen molar-refractivity contribution in [2.45, 2.75) is 25.7 Å². The first kappa shape index (κ1) is 13.2. The zero-order valence-electron chi connectivity index (χ0n) is 11.3. The third-order valence-electron chi connectivity index (χ3n) is 3.76. The van der Waals surface area contributed by atoms with E-state index in [1.54, 1.807) is 7.11 Å². The Labute approximate surface area is 110 Å². The third kappa shape index (κ3) is 3.16. The molecule has 0 bridgehead atoms. The molecule has 2 rings (SSSR count). The molecule has 3 nitrogen and oxygen atoms in total. The van der Waals surface area contributed by atoms with Gasteiger partial charge in [0, 0.05) is 13.1 Å². The van der Waals surface area contributed by atoms with E-state index in [0.29, 0.717) is 0 Å². The Morgan fingerprint density at radius 1 is 1.33 bits per heavy atom. The highest BCUT2D eigenvalue weighted by molar-refractivity contribution is 5.58. The minimum absolute atomic E-state index is 0.746. The van der Waals surface area contributed by atoms with Crippen LogP contribution in [0.1, 0.15) is 25.7 Å². The lowest BCUT2D eigenvalue weighted by Gasteiger charge is -2.34. The van der Waals surface area contributed by atoms with Gasteiger partial charge in [-0.25, -0.2) is 0 Å². The van der Waals surface area contributed by atoms with Gasteiger partial charge < -0.3 is 15.4 Å². The first-order valence-electron chi connectivity index (χ1n) is 6.93. The van der Waals surface area contributed by atoms with Crippen LogP contribution >= 0.6 is 0 Å². The molecule has 1 saturated carbocycles. The van der Waals surface area contributed by atoms with Crippen LogP contribution < -0.4 is 15.4 Å². The van der Waals surface area contributed by atoms with Crippen molar-refractivity contribution < 1.29 is 4.74 Å². The number of nitrogens with zero attached hydrogens (tertiary/aromatic N) is 1. The summed E-state index contributed by atoms with van der Waals surface area (Å²) in [6.45, 7) is 2.91. The van der Waals surface area contributed by atoms with Gasteiger partial charge in [0.1, 0.15) is 5.75 Å². The van der Waals surface area contributed by atoms with Gasteiger partial charge in [0.15, 0.2) is 0 Å². The highest BCUT2D eigenvalue weighted by Crippen LogP contribution is 2.32. The number of anilines is 1. The van der Waals surface area contributed by atoms with Gasteiger partial charge >= 0.3 is 0 Å². The summed E-state index contributed by atoms with van der Waals surface area (Å²) in [6, 6.07) is 8.28. The molecule has 0 unspecified atom stereocenters. The normalized spacial score (nSPS) is 15.2. The maximum atomic E-state index is 5.64. The van der Waals surface area contributed by atoms with Gasteiger partial charge in [-0.2, -0.15) is 0 Å². The number of methoxy groups -OCH3 is 1. The molecular weight excluding hydrogens is 224 g/mol. The molecule has 0 aromatic heterocycles.